The van der Waals surface area contributed by atoms with E-state index in [1.807, 2.05) is 4.90 Å². The molecule has 6 N–H and O–H groups in total. The summed E-state index contributed by atoms with van der Waals surface area (Å²) in [4.78, 5) is 64.2. The van der Waals surface area contributed by atoms with Crippen molar-refractivity contribution in [2.75, 3.05) is 82.0 Å². The fraction of sp³-hybridized carbons (Fsp3) is 0.533. The zero-order chi connectivity index (χ0) is 45.1. The standard InChI is InChI=1S/C45H58F3N9O6/c1-43(2,62)32-27-33(49)30(25-35(32)52-40(59)34-5-4-6-38(51-34)45(46,47)48)28-50-31-9-16-54(17-10-31)23-24-55-19-12-44(13-20-55)14-21-56(22-15-44)41(60)29-7-8-37(63-3)36(26-29)57-18-11-39(58)53-42(57)61/h4-8,25-28,31,38,51,62H,9-24,49H2,1-3H3,(H,52,59)(H,53,58,61). The fourth-order valence-corrected chi connectivity index (χ4v) is 9.11. The molecule has 2 aromatic rings. The number of nitrogen functional groups attached to an aromatic ring is 1. The van der Waals surface area contributed by atoms with Crippen molar-refractivity contribution < 1.29 is 42.2 Å². The maximum absolute atomic E-state index is 13.7. The summed E-state index contributed by atoms with van der Waals surface area (Å²) in [7, 11) is 1.51. The number of carbonyl (C=O) groups excluding carboxylic acids is 4. The molecule has 15 nitrogen and oxygen atoms in total. The number of halogens is 3. The van der Waals surface area contributed by atoms with Gasteiger partial charge in [0.15, 0.2) is 0 Å². The van der Waals surface area contributed by atoms with Crippen LogP contribution in [0.2, 0.25) is 0 Å². The molecule has 0 aromatic heterocycles. The Bertz CT molecular complexity index is 2140. The van der Waals surface area contributed by atoms with E-state index in [1.54, 1.807) is 36.5 Å². The van der Waals surface area contributed by atoms with Crippen molar-refractivity contribution in [2.45, 2.75) is 82.7 Å². The summed E-state index contributed by atoms with van der Waals surface area (Å²) in [5.74, 6) is -0.732. The average Bonchev–Trinajstić information content (AvgIpc) is 3.26. The van der Waals surface area contributed by atoms with E-state index in [1.165, 1.54) is 38.0 Å². The second-order valence-corrected chi connectivity index (χ2v) is 17.8. The number of likely N-dealkylation sites (tertiary alicyclic amines) is 3. The molecule has 2 aromatic carbocycles. The number of allylic oxidation sites excluding steroid dienone is 2. The third kappa shape index (κ3) is 10.8. The number of ether oxygens (including phenoxy) is 1. The zero-order valence-electron chi connectivity index (χ0n) is 36.1. The second-order valence-electron chi connectivity index (χ2n) is 17.8. The van der Waals surface area contributed by atoms with Crippen molar-refractivity contribution >= 4 is 47.0 Å². The number of nitrogens with two attached hydrogens (primary N) is 1. The Labute approximate surface area is 365 Å². The normalized spacial score (nSPS) is 21.6. The molecule has 5 aliphatic rings. The van der Waals surface area contributed by atoms with Gasteiger partial charge in [0.2, 0.25) is 5.91 Å². The van der Waals surface area contributed by atoms with Gasteiger partial charge in [-0.2, -0.15) is 13.2 Å². The first kappa shape index (κ1) is 45.6. The molecule has 0 radical (unpaired) electrons. The first-order chi connectivity index (χ1) is 29.9. The summed E-state index contributed by atoms with van der Waals surface area (Å²) in [6.07, 6.45) is 6.45. The fourth-order valence-electron chi connectivity index (χ4n) is 9.11. The maximum atomic E-state index is 13.7. The molecular weight excluding hydrogens is 820 g/mol. The lowest BCUT2D eigenvalue weighted by atomic mass is 9.71. The molecule has 63 heavy (non-hydrogen) atoms. The number of imide groups is 1. The third-order valence-electron chi connectivity index (χ3n) is 13.1. The van der Waals surface area contributed by atoms with Crippen LogP contribution in [0.3, 0.4) is 0 Å². The Morgan fingerprint density at radius 1 is 0.984 bits per heavy atom. The highest BCUT2D eigenvalue weighted by atomic mass is 19.4. The quantitative estimate of drug-likeness (QED) is 0.156. The van der Waals surface area contributed by atoms with E-state index in [0.717, 1.165) is 83.9 Å². The second kappa shape index (κ2) is 18.7. The predicted octanol–water partition coefficient (Wildman–Crippen LogP) is 4.77. The number of dihydropyridines is 1. The number of benzene rings is 2. The number of urea groups is 1. The lowest BCUT2D eigenvalue weighted by Gasteiger charge is -2.47. The summed E-state index contributed by atoms with van der Waals surface area (Å²) >= 11 is 0. The number of nitrogens with zero attached hydrogens (tertiary/aromatic N) is 5. The van der Waals surface area contributed by atoms with Gasteiger partial charge in [-0.05, 0) is 107 Å². The van der Waals surface area contributed by atoms with Gasteiger partial charge in [-0.1, -0.05) is 12.2 Å². The van der Waals surface area contributed by atoms with Gasteiger partial charge in [-0.15, -0.1) is 0 Å². The van der Waals surface area contributed by atoms with Crippen LogP contribution in [-0.2, 0) is 15.2 Å². The van der Waals surface area contributed by atoms with E-state index in [9.17, 15) is 37.5 Å². The van der Waals surface area contributed by atoms with Crippen molar-refractivity contribution in [3.8, 4) is 5.75 Å². The Morgan fingerprint density at radius 2 is 1.65 bits per heavy atom. The van der Waals surface area contributed by atoms with Crippen LogP contribution in [0, 0.1) is 5.41 Å². The van der Waals surface area contributed by atoms with Gasteiger partial charge in [-0.3, -0.25) is 29.6 Å². The number of aliphatic hydroxyl groups is 1. The molecule has 18 heteroatoms. The molecule has 5 heterocycles. The highest BCUT2D eigenvalue weighted by Gasteiger charge is 2.41. The topological polar surface area (TPSA) is 185 Å². The van der Waals surface area contributed by atoms with Crippen LogP contribution in [0.15, 0.2) is 59.2 Å². The minimum atomic E-state index is -4.57. The van der Waals surface area contributed by atoms with Crippen molar-refractivity contribution in [1.82, 2.24) is 25.3 Å². The molecule has 1 atom stereocenters. The van der Waals surface area contributed by atoms with Gasteiger partial charge in [0.05, 0.1) is 24.4 Å². The minimum absolute atomic E-state index is 0.0674. The number of anilines is 3. The molecule has 1 unspecified atom stereocenters. The van der Waals surface area contributed by atoms with Gasteiger partial charge in [-0.25, -0.2) is 4.79 Å². The molecule has 4 saturated heterocycles. The summed E-state index contributed by atoms with van der Waals surface area (Å²) < 4.78 is 45.4. The highest BCUT2D eigenvalue weighted by Crippen LogP contribution is 2.42. The number of rotatable bonds is 11. The molecule has 5 aliphatic heterocycles. The van der Waals surface area contributed by atoms with E-state index in [2.05, 4.69) is 25.8 Å². The van der Waals surface area contributed by atoms with Crippen molar-refractivity contribution in [3.63, 3.8) is 0 Å². The summed E-state index contributed by atoms with van der Waals surface area (Å²) in [5, 5.41) is 18.1. The Kier molecular flexibility index (Phi) is 13.5. The Hall–Kier alpha value is -5.46. The van der Waals surface area contributed by atoms with Crippen LogP contribution in [0.4, 0.5) is 35.0 Å². The highest BCUT2D eigenvalue weighted by molar-refractivity contribution is 6.07. The molecule has 0 aliphatic carbocycles. The van der Waals surface area contributed by atoms with Crippen molar-refractivity contribution in [2.24, 2.45) is 10.4 Å². The average molecular weight is 878 g/mol. The third-order valence-corrected chi connectivity index (χ3v) is 13.1. The number of piperidine rings is 3. The van der Waals surface area contributed by atoms with Crippen LogP contribution in [0.1, 0.15) is 80.3 Å². The van der Waals surface area contributed by atoms with Crippen LogP contribution in [0.5, 0.6) is 5.75 Å². The number of alkyl halides is 3. The van der Waals surface area contributed by atoms with Gasteiger partial charge in [0, 0.05) is 86.5 Å². The lowest BCUT2D eigenvalue weighted by molar-refractivity contribution is -0.143. The first-order valence-corrected chi connectivity index (χ1v) is 21.7. The number of methoxy groups -OCH3 is 1. The Morgan fingerprint density at radius 3 is 2.29 bits per heavy atom. The Balaban J connectivity index is 0.856. The zero-order valence-corrected chi connectivity index (χ0v) is 36.1. The van der Waals surface area contributed by atoms with Crippen LogP contribution in [-0.4, -0.2) is 134 Å². The molecule has 0 bridgehead atoms. The van der Waals surface area contributed by atoms with Gasteiger partial charge in [0.1, 0.15) is 17.5 Å². The number of nitrogens with one attached hydrogen (secondary N) is 3. The predicted molar refractivity (Wildman–Crippen MR) is 234 cm³/mol. The minimum Gasteiger partial charge on any atom is -0.495 e. The molecule has 4 fully saturated rings. The molecule has 1 spiro atoms. The SMILES string of the molecule is COc1ccc(C(=O)N2CCC3(CCN(CCN4CCC(N=Cc5cc(NC(=O)C6=CC=CC(C(F)(F)F)N6)c(C(C)(C)O)cc5N)CC4)CC3)CC2)cc1N1CCC(=O)NC1=O. The van der Waals surface area contributed by atoms with Crippen molar-refractivity contribution in [3.05, 3.63) is 70.9 Å². The number of carbonyl (C=O) groups is 4. The summed E-state index contributed by atoms with van der Waals surface area (Å²) in [6, 6.07) is 5.80. The van der Waals surface area contributed by atoms with Crippen LogP contribution >= 0.6 is 0 Å². The van der Waals surface area contributed by atoms with E-state index in [-0.39, 0.29) is 47.6 Å². The maximum Gasteiger partial charge on any atom is 0.412 e. The molecule has 7 rings (SSSR count). The van der Waals surface area contributed by atoms with E-state index >= 15 is 0 Å². The van der Waals surface area contributed by atoms with E-state index in [4.69, 9.17) is 15.5 Å². The number of amides is 5. The van der Waals surface area contributed by atoms with Gasteiger partial charge < -0.3 is 40.9 Å². The van der Waals surface area contributed by atoms with Gasteiger partial charge in [0.25, 0.3) is 11.8 Å². The van der Waals surface area contributed by atoms with Crippen LogP contribution in [0.25, 0.3) is 0 Å². The van der Waals surface area contributed by atoms with Gasteiger partial charge >= 0.3 is 12.2 Å². The van der Waals surface area contributed by atoms with E-state index in [0.29, 0.717) is 46.9 Å². The molecular formula is C45H58F3N9O6. The smallest absolute Gasteiger partial charge is 0.412 e. The number of hydrogen-bond donors (Lipinski definition) is 5. The first-order valence-electron chi connectivity index (χ1n) is 21.7. The molecule has 5 amide bonds. The molecule has 0 saturated carbocycles. The lowest BCUT2D eigenvalue weighted by Crippen LogP contribution is -2.50. The van der Waals surface area contributed by atoms with Crippen LogP contribution < -0.4 is 31.3 Å². The van der Waals surface area contributed by atoms with Crippen molar-refractivity contribution in [1.29, 1.82) is 0 Å². The number of aliphatic imine (C=N–C) groups is 1. The summed E-state index contributed by atoms with van der Waals surface area (Å²) in [6.45, 7) is 10.4. The number of hydrogen-bond acceptors (Lipinski definition) is 11. The largest absolute Gasteiger partial charge is 0.495 e. The summed E-state index contributed by atoms with van der Waals surface area (Å²) in [5.41, 5.74) is 7.28. The van der Waals surface area contributed by atoms with E-state index < -0.39 is 29.8 Å². The molecule has 340 valence electrons. The monoisotopic (exact) mass is 877 g/mol.